The van der Waals surface area contributed by atoms with E-state index in [1.165, 1.54) is 0 Å². The molecule has 5 nitrogen and oxygen atoms in total. The highest BCUT2D eigenvalue weighted by Gasteiger charge is 2.16. The number of benzene rings is 2. The van der Waals surface area contributed by atoms with Crippen LogP contribution in [0.3, 0.4) is 0 Å². The first kappa shape index (κ1) is 15.5. The maximum absolute atomic E-state index is 12.6. The highest BCUT2D eigenvalue weighted by atomic mass is 32.1. The van der Waals surface area contributed by atoms with Gasteiger partial charge in [0.1, 0.15) is 11.4 Å². The monoisotopic (exact) mass is 349 g/mol. The Morgan fingerprint density at radius 1 is 1.16 bits per heavy atom. The van der Waals surface area contributed by atoms with Crippen molar-refractivity contribution in [2.45, 2.75) is 13.8 Å². The molecule has 2 aromatic carbocycles. The summed E-state index contributed by atoms with van der Waals surface area (Å²) in [5.41, 5.74) is 4.41. The number of carbonyl (C=O) groups is 1. The Labute approximate surface area is 148 Å². The third kappa shape index (κ3) is 2.92. The fourth-order valence-corrected chi connectivity index (χ4v) is 3.24. The third-order valence-electron chi connectivity index (χ3n) is 3.99. The van der Waals surface area contributed by atoms with Crippen LogP contribution in [0.2, 0.25) is 0 Å². The molecule has 124 valence electrons. The van der Waals surface area contributed by atoms with Crippen LogP contribution in [0.1, 0.15) is 20.9 Å². The van der Waals surface area contributed by atoms with E-state index in [0.29, 0.717) is 16.8 Å². The zero-order valence-electron chi connectivity index (χ0n) is 13.7. The summed E-state index contributed by atoms with van der Waals surface area (Å²) in [4.78, 5) is 17.1. The molecule has 0 saturated heterocycles. The van der Waals surface area contributed by atoms with E-state index < -0.39 is 0 Å². The highest BCUT2D eigenvalue weighted by Crippen LogP contribution is 2.29. The maximum atomic E-state index is 12.6. The van der Waals surface area contributed by atoms with Crippen molar-refractivity contribution in [3.8, 4) is 11.4 Å². The first-order valence-corrected chi connectivity index (χ1v) is 8.69. The van der Waals surface area contributed by atoms with Crippen LogP contribution in [0, 0.1) is 13.8 Å². The Kier molecular flexibility index (Phi) is 3.82. The van der Waals surface area contributed by atoms with Crippen LogP contribution in [-0.4, -0.2) is 16.0 Å². The number of nitrogens with zero attached hydrogens (tertiary/aromatic N) is 2. The second-order valence-corrected chi connectivity index (χ2v) is 6.83. The molecular formula is C19H15N3O2S. The van der Waals surface area contributed by atoms with Gasteiger partial charge in [-0.05, 0) is 43.7 Å². The normalized spacial score (nSPS) is 11.0. The Balaban J connectivity index is 1.71. The predicted molar refractivity (Wildman–Crippen MR) is 99.0 cm³/mol. The van der Waals surface area contributed by atoms with Crippen LogP contribution in [0.5, 0.6) is 0 Å². The minimum atomic E-state index is -0.169. The molecule has 25 heavy (non-hydrogen) atoms. The van der Waals surface area contributed by atoms with Crippen LogP contribution >= 0.6 is 11.3 Å². The zero-order valence-corrected chi connectivity index (χ0v) is 14.6. The van der Waals surface area contributed by atoms with Gasteiger partial charge in [0.05, 0.1) is 10.4 Å². The van der Waals surface area contributed by atoms with Crippen molar-refractivity contribution in [2.24, 2.45) is 0 Å². The van der Waals surface area contributed by atoms with Crippen molar-refractivity contribution < 1.29 is 9.32 Å². The van der Waals surface area contributed by atoms with Gasteiger partial charge in [0, 0.05) is 16.6 Å². The van der Waals surface area contributed by atoms with Crippen molar-refractivity contribution in [3.05, 3.63) is 64.0 Å². The zero-order chi connectivity index (χ0) is 17.4. The molecule has 0 unspecified atom stereocenters. The van der Waals surface area contributed by atoms with Gasteiger partial charge in [0.15, 0.2) is 5.58 Å². The largest absolute Gasteiger partial charge is 0.356 e. The van der Waals surface area contributed by atoms with Crippen molar-refractivity contribution in [1.29, 1.82) is 0 Å². The second-order valence-electron chi connectivity index (χ2n) is 5.76. The van der Waals surface area contributed by atoms with E-state index in [4.69, 9.17) is 4.52 Å². The van der Waals surface area contributed by atoms with E-state index in [1.807, 2.05) is 43.5 Å². The van der Waals surface area contributed by atoms with E-state index >= 15 is 0 Å². The summed E-state index contributed by atoms with van der Waals surface area (Å²) in [5.74, 6) is -0.169. The van der Waals surface area contributed by atoms with Crippen molar-refractivity contribution in [3.63, 3.8) is 0 Å². The SMILES string of the molecule is Cc1nc(-c2noc3ccc(C(=O)Nc4ccccc4C)cc23)cs1. The summed E-state index contributed by atoms with van der Waals surface area (Å²) in [5, 5.41) is 10.7. The van der Waals surface area contributed by atoms with E-state index in [2.05, 4.69) is 15.5 Å². The van der Waals surface area contributed by atoms with Crippen LogP contribution < -0.4 is 5.32 Å². The van der Waals surface area contributed by atoms with E-state index in [1.54, 1.807) is 29.5 Å². The standard InChI is InChI=1S/C19H15N3O2S/c1-11-5-3-4-6-15(11)21-19(23)13-7-8-17-14(9-13)18(22-24-17)16-10-25-12(2)20-16/h3-10H,1-2H3,(H,21,23). The fraction of sp³-hybridized carbons (Fsp3) is 0.105. The van der Waals surface area contributed by atoms with Crippen LogP contribution in [-0.2, 0) is 0 Å². The molecule has 0 fully saturated rings. The third-order valence-corrected chi connectivity index (χ3v) is 4.76. The molecule has 0 atom stereocenters. The first-order chi connectivity index (χ1) is 12.1. The molecule has 1 N–H and O–H groups in total. The number of para-hydroxylation sites is 1. The van der Waals surface area contributed by atoms with Gasteiger partial charge >= 0.3 is 0 Å². The molecule has 0 aliphatic heterocycles. The van der Waals surface area contributed by atoms with Gasteiger partial charge in [-0.2, -0.15) is 0 Å². The van der Waals surface area contributed by atoms with Crippen molar-refractivity contribution >= 4 is 33.9 Å². The van der Waals surface area contributed by atoms with Gasteiger partial charge in [-0.3, -0.25) is 4.79 Å². The fourth-order valence-electron chi connectivity index (χ4n) is 2.64. The molecule has 4 aromatic rings. The Morgan fingerprint density at radius 2 is 2.00 bits per heavy atom. The van der Waals surface area contributed by atoms with Gasteiger partial charge in [-0.25, -0.2) is 4.98 Å². The number of thiazole rings is 1. The molecule has 4 rings (SSSR count). The summed E-state index contributed by atoms with van der Waals surface area (Å²) < 4.78 is 5.37. The van der Waals surface area contributed by atoms with Gasteiger partial charge in [-0.1, -0.05) is 23.4 Å². The Hall–Kier alpha value is -2.99. The Bertz CT molecular complexity index is 1080. The number of aryl methyl sites for hydroxylation is 2. The minimum absolute atomic E-state index is 0.169. The number of hydrogen-bond donors (Lipinski definition) is 1. The first-order valence-electron chi connectivity index (χ1n) is 7.81. The van der Waals surface area contributed by atoms with Gasteiger partial charge in [0.2, 0.25) is 0 Å². The smallest absolute Gasteiger partial charge is 0.255 e. The van der Waals surface area contributed by atoms with Crippen LogP contribution in [0.25, 0.3) is 22.4 Å². The van der Waals surface area contributed by atoms with E-state index in [-0.39, 0.29) is 5.91 Å². The summed E-state index contributed by atoms with van der Waals surface area (Å²) >= 11 is 1.55. The molecule has 0 aliphatic rings. The molecule has 0 aliphatic carbocycles. The number of hydrogen-bond acceptors (Lipinski definition) is 5. The molecular weight excluding hydrogens is 334 g/mol. The van der Waals surface area contributed by atoms with Gasteiger partial charge < -0.3 is 9.84 Å². The number of fused-ring (bicyclic) bond motifs is 1. The molecule has 1 amide bonds. The van der Waals surface area contributed by atoms with Crippen LogP contribution in [0.4, 0.5) is 5.69 Å². The van der Waals surface area contributed by atoms with E-state index in [0.717, 1.165) is 27.3 Å². The average molecular weight is 349 g/mol. The average Bonchev–Trinajstić information content (AvgIpc) is 3.22. The van der Waals surface area contributed by atoms with E-state index in [9.17, 15) is 4.79 Å². The topological polar surface area (TPSA) is 68.0 Å². The number of nitrogens with one attached hydrogen (secondary N) is 1. The number of anilines is 1. The highest BCUT2D eigenvalue weighted by molar-refractivity contribution is 7.09. The summed E-state index contributed by atoms with van der Waals surface area (Å²) in [6, 6.07) is 13.0. The lowest BCUT2D eigenvalue weighted by Gasteiger charge is -2.08. The molecule has 2 heterocycles. The quantitative estimate of drug-likeness (QED) is 0.576. The van der Waals surface area contributed by atoms with Crippen molar-refractivity contribution in [2.75, 3.05) is 5.32 Å². The lowest BCUT2D eigenvalue weighted by Crippen LogP contribution is -2.12. The molecule has 0 radical (unpaired) electrons. The molecule has 6 heteroatoms. The lowest BCUT2D eigenvalue weighted by molar-refractivity contribution is 0.102. The lowest BCUT2D eigenvalue weighted by atomic mass is 10.1. The number of aromatic nitrogens is 2. The van der Waals surface area contributed by atoms with Gasteiger partial charge in [-0.15, -0.1) is 11.3 Å². The van der Waals surface area contributed by atoms with Crippen LogP contribution in [0.15, 0.2) is 52.4 Å². The predicted octanol–water partition coefficient (Wildman–Crippen LogP) is 4.82. The summed E-state index contributed by atoms with van der Waals surface area (Å²) in [6.45, 7) is 3.90. The number of carbonyl (C=O) groups excluding carboxylic acids is 1. The second kappa shape index (κ2) is 6.14. The number of rotatable bonds is 3. The van der Waals surface area contributed by atoms with Crippen molar-refractivity contribution in [1.82, 2.24) is 10.1 Å². The molecule has 2 aromatic heterocycles. The molecule has 0 bridgehead atoms. The summed E-state index contributed by atoms with van der Waals surface area (Å²) in [7, 11) is 0. The Morgan fingerprint density at radius 3 is 2.76 bits per heavy atom. The molecule has 0 spiro atoms. The number of amides is 1. The maximum Gasteiger partial charge on any atom is 0.255 e. The molecule has 0 saturated carbocycles. The van der Waals surface area contributed by atoms with Gasteiger partial charge in [0.25, 0.3) is 5.91 Å². The minimum Gasteiger partial charge on any atom is -0.356 e. The summed E-state index contributed by atoms with van der Waals surface area (Å²) in [6.07, 6.45) is 0.